The number of nitrogens with zero attached hydrogens (tertiary/aromatic N) is 5. The molecule has 146 valence electrons. The molecule has 0 aliphatic heterocycles. The van der Waals surface area contributed by atoms with Crippen molar-refractivity contribution in [3.63, 3.8) is 0 Å². The van der Waals surface area contributed by atoms with Crippen molar-refractivity contribution >= 4 is 23.4 Å². The van der Waals surface area contributed by atoms with Gasteiger partial charge in [0.25, 0.3) is 0 Å². The molecule has 3 aromatic heterocycles. The molecule has 0 aliphatic rings. The van der Waals surface area contributed by atoms with Crippen molar-refractivity contribution in [2.24, 2.45) is 7.05 Å². The Morgan fingerprint density at radius 3 is 2.82 bits per heavy atom. The molecule has 0 bridgehead atoms. The van der Waals surface area contributed by atoms with Gasteiger partial charge in [-0.1, -0.05) is 0 Å². The van der Waals surface area contributed by atoms with Gasteiger partial charge in [-0.3, -0.25) is 9.48 Å². The second-order valence-corrected chi connectivity index (χ2v) is 5.86. The first kappa shape index (κ1) is 19.2. The van der Waals surface area contributed by atoms with Gasteiger partial charge < -0.3 is 20.1 Å². The van der Waals surface area contributed by atoms with E-state index in [-0.39, 0.29) is 5.91 Å². The lowest BCUT2D eigenvalue weighted by atomic mass is 10.1. The van der Waals surface area contributed by atoms with E-state index < -0.39 is 0 Å². The number of anilines is 3. The summed E-state index contributed by atoms with van der Waals surface area (Å²) in [4.78, 5) is 24.2. The number of rotatable bonds is 8. The average molecular weight is 383 g/mol. The number of pyridine rings is 1. The number of carbonyl (C=O) groups excluding carboxylic acids is 1. The van der Waals surface area contributed by atoms with Crippen LogP contribution in [0.2, 0.25) is 0 Å². The van der Waals surface area contributed by atoms with Crippen molar-refractivity contribution in [1.82, 2.24) is 24.7 Å². The number of ether oxygens (including phenoxy) is 2. The number of methoxy groups -OCH3 is 1. The first-order valence-electron chi connectivity index (χ1n) is 8.54. The van der Waals surface area contributed by atoms with Crippen LogP contribution in [0.3, 0.4) is 0 Å². The zero-order valence-electron chi connectivity index (χ0n) is 15.8. The molecule has 1 amide bonds. The van der Waals surface area contributed by atoms with Crippen molar-refractivity contribution in [3.8, 4) is 17.1 Å². The minimum atomic E-state index is -0.214. The van der Waals surface area contributed by atoms with Crippen LogP contribution >= 0.6 is 0 Å². The molecule has 0 saturated heterocycles. The molecule has 3 heterocycles. The van der Waals surface area contributed by atoms with Crippen LogP contribution in [-0.2, 0) is 16.6 Å². The van der Waals surface area contributed by atoms with E-state index in [4.69, 9.17) is 9.47 Å². The molecule has 10 nitrogen and oxygen atoms in total. The van der Waals surface area contributed by atoms with Crippen LogP contribution in [0.4, 0.5) is 17.5 Å². The van der Waals surface area contributed by atoms with Crippen LogP contribution in [0.5, 0.6) is 5.88 Å². The molecule has 2 N–H and O–H groups in total. The lowest BCUT2D eigenvalue weighted by Crippen LogP contribution is -2.09. The van der Waals surface area contributed by atoms with Gasteiger partial charge in [0.15, 0.2) is 0 Å². The minimum absolute atomic E-state index is 0.214. The molecule has 3 rings (SSSR count). The van der Waals surface area contributed by atoms with Crippen molar-refractivity contribution in [2.75, 3.05) is 31.0 Å². The summed E-state index contributed by atoms with van der Waals surface area (Å²) in [7, 11) is 3.44. The smallest absolute Gasteiger partial charge is 0.230 e. The van der Waals surface area contributed by atoms with Crippen LogP contribution in [0.15, 0.2) is 36.8 Å². The monoisotopic (exact) mass is 383 g/mol. The Labute approximate surface area is 161 Å². The Balaban J connectivity index is 1.90. The van der Waals surface area contributed by atoms with E-state index >= 15 is 0 Å². The first-order valence-corrected chi connectivity index (χ1v) is 8.54. The summed E-state index contributed by atoms with van der Waals surface area (Å²) in [6, 6.07) is 5.23. The second kappa shape index (κ2) is 8.91. The number of hydrogen-bond donors (Lipinski definition) is 2. The molecule has 10 heteroatoms. The quantitative estimate of drug-likeness (QED) is 0.568. The van der Waals surface area contributed by atoms with Gasteiger partial charge in [0.05, 0.1) is 18.0 Å². The van der Waals surface area contributed by atoms with Crippen molar-refractivity contribution in [1.29, 1.82) is 0 Å². The van der Waals surface area contributed by atoms with Gasteiger partial charge in [-0.25, -0.2) is 9.97 Å². The fraction of sp³-hybridized carbons (Fsp3) is 0.278. The molecule has 0 unspecified atom stereocenters. The maximum atomic E-state index is 11.4. The SMILES string of the molecule is COCCOc1ccnc(Nc2cc(NC(C)=O)ncc2-c2ccn(C)n2)n1. The van der Waals surface area contributed by atoms with E-state index in [2.05, 4.69) is 30.7 Å². The lowest BCUT2D eigenvalue weighted by Gasteiger charge is -2.12. The summed E-state index contributed by atoms with van der Waals surface area (Å²) < 4.78 is 12.2. The van der Waals surface area contributed by atoms with Crippen LogP contribution in [0, 0.1) is 0 Å². The second-order valence-electron chi connectivity index (χ2n) is 5.86. The summed E-state index contributed by atoms with van der Waals surface area (Å²) >= 11 is 0. The molecule has 0 radical (unpaired) electrons. The first-order chi connectivity index (χ1) is 13.5. The van der Waals surface area contributed by atoms with Crippen molar-refractivity contribution in [3.05, 3.63) is 36.8 Å². The Kier molecular flexibility index (Phi) is 6.12. The van der Waals surface area contributed by atoms with E-state index in [1.165, 1.54) is 6.92 Å². The number of carbonyl (C=O) groups is 1. The Hall–Kier alpha value is -3.53. The van der Waals surface area contributed by atoms with Gasteiger partial charge >= 0.3 is 0 Å². The highest BCUT2D eigenvalue weighted by Crippen LogP contribution is 2.30. The van der Waals surface area contributed by atoms with Gasteiger partial charge in [0.1, 0.15) is 12.4 Å². The normalized spacial score (nSPS) is 10.5. The van der Waals surface area contributed by atoms with Crippen LogP contribution < -0.4 is 15.4 Å². The number of amides is 1. The van der Waals surface area contributed by atoms with E-state index in [1.54, 1.807) is 36.3 Å². The van der Waals surface area contributed by atoms with E-state index in [9.17, 15) is 4.79 Å². The van der Waals surface area contributed by atoms with Gasteiger partial charge in [-0.2, -0.15) is 10.1 Å². The largest absolute Gasteiger partial charge is 0.475 e. The summed E-state index contributed by atoms with van der Waals surface area (Å²) in [6.45, 7) is 2.26. The Morgan fingerprint density at radius 1 is 1.25 bits per heavy atom. The third kappa shape index (κ3) is 5.01. The molecule has 0 atom stereocenters. The fourth-order valence-corrected chi connectivity index (χ4v) is 2.40. The van der Waals surface area contributed by atoms with Gasteiger partial charge in [-0.05, 0) is 6.07 Å². The molecule has 0 aromatic carbocycles. The predicted molar refractivity (Wildman–Crippen MR) is 103 cm³/mol. The third-order valence-electron chi connectivity index (χ3n) is 3.61. The molecule has 0 fully saturated rings. The maximum Gasteiger partial charge on any atom is 0.230 e. The predicted octanol–water partition coefficient (Wildman–Crippen LogP) is 2.00. The third-order valence-corrected chi connectivity index (χ3v) is 3.61. The molecule has 28 heavy (non-hydrogen) atoms. The highest BCUT2D eigenvalue weighted by molar-refractivity contribution is 5.89. The van der Waals surface area contributed by atoms with E-state index in [0.717, 1.165) is 11.3 Å². The number of aromatic nitrogens is 5. The summed E-state index contributed by atoms with van der Waals surface area (Å²) in [5.74, 6) is 0.952. The summed E-state index contributed by atoms with van der Waals surface area (Å²) in [5, 5.41) is 10.2. The van der Waals surface area contributed by atoms with Crippen molar-refractivity contribution in [2.45, 2.75) is 6.92 Å². The molecular formula is C18H21N7O3. The maximum absolute atomic E-state index is 11.4. The lowest BCUT2D eigenvalue weighted by molar-refractivity contribution is -0.114. The topological polar surface area (TPSA) is 116 Å². The molecule has 0 spiro atoms. The zero-order chi connectivity index (χ0) is 19.9. The van der Waals surface area contributed by atoms with Gasteiger partial charge in [0, 0.05) is 57.4 Å². The molecule has 0 saturated carbocycles. The number of aryl methyl sites for hydroxylation is 1. The van der Waals surface area contributed by atoms with Crippen LogP contribution in [-0.4, -0.2) is 51.0 Å². The Bertz CT molecular complexity index is 958. The highest BCUT2D eigenvalue weighted by atomic mass is 16.5. The minimum Gasteiger partial charge on any atom is -0.475 e. The summed E-state index contributed by atoms with van der Waals surface area (Å²) in [6.07, 6.45) is 5.06. The fourth-order valence-electron chi connectivity index (χ4n) is 2.40. The number of hydrogen-bond acceptors (Lipinski definition) is 8. The molecular weight excluding hydrogens is 362 g/mol. The molecule has 3 aromatic rings. The average Bonchev–Trinajstić information content (AvgIpc) is 3.08. The zero-order valence-corrected chi connectivity index (χ0v) is 15.8. The standard InChI is InChI=1S/C18H21N7O3/c1-12(26)21-16-10-15(13(11-20-16)14-5-7-25(2)24-14)22-18-19-6-4-17(23-18)28-9-8-27-3/h4-7,10-11H,8-9H2,1-3H3,(H2,19,20,21,22,23,26). The molecule has 0 aliphatic carbocycles. The number of nitrogens with one attached hydrogen (secondary N) is 2. The van der Waals surface area contributed by atoms with Crippen LogP contribution in [0.25, 0.3) is 11.3 Å². The van der Waals surface area contributed by atoms with Gasteiger partial charge in [-0.15, -0.1) is 0 Å². The van der Waals surface area contributed by atoms with Crippen LogP contribution in [0.1, 0.15) is 6.92 Å². The van der Waals surface area contributed by atoms with Crippen molar-refractivity contribution < 1.29 is 14.3 Å². The van der Waals surface area contributed by atoms with E-state index in [1.807, 2.05) is 19.3 Å². The van der Waals surface area contributed by atoms with E-state index in [0.29, 0.717) is 36.5 Å². The highest BCUT2D eigenvalue weighted by Gasteiger charge is 2.13. The summed E-state index contributed by atoms with van der Waals surface area (Å²) in [5.41, 5.74) is 2.11. The van der Waals surface area contributed by atoms with Gasteiger partial charge in [0.2, 0.25) is 17.7 Å². The Morgan fingerprint density at radius 2 is 2.11 bits per heavy atom.